The lowest BCUT2D eigenvalue weighted by atomic mass is 10.2. The van der Waals surface area contributed by atoms with Crippen molar-refractivity contribution in [3.05, 3.63) is 54.2 Å². The summed E-state index contributed by atoms with van der Waals surface area (Å²) in [7, 11) is 0. The van der Waals surface area contributed by atoms with E-state index < -0.39 is 0 Å². The highest BCUT2D eigenvalue weighted by atomic mass is 16.5. The first-order valence-electron chi connectivity index (χ1n) is 6.99. The van der Waals surface area contributed by atoms with Crippen LogP contribution >= 0.6 is 0 Å². The minimum absolute atomic E-state index is 0.0592. The Labute approximate surface area is 120 Å². The average Bonchev–Trinajstić information content (AvgIpc) is 2.97. The number of rotatable bonds is 8. The normalized spacial score (nSPS) is 12.8. The van der Waals surface area contributed by atoms with Crippen molar-refractivity contribution in [1.29, 1.82) is 0 Å². The van der Waals surface area contributed by atoms with Crippen LogP contribution in [0.2, 0.25) is 0 Å². The Morgan fingerprint density at radius 2 is 2.15 bits per heavy atom. The van der Waals surface area contributed by atoms with Crippen molar-refractivity contribution in [2.24, 2.45) is 5.92 Å². The summed E-state index contributed by atoms with van der Waals surface area (Å²) in [6.07, 6.45) is 5.33. The average molecular weight is 274 g/mol. The van der Waals surface area contributed by atoms with Crippen molar-refractivity contribution >= 4 is 0 Å². The van der Waals surface area contributed by atoms with Gasteiger partial charge in [-0.05, 0) is 29.7 Å². The van der Waals surface area contributed by atoms with Crippen LogP contribution in [0.25, 0.3) is 0 Å². The first-order chi connectivity index (χ1) is 9.75. The number of hydrogen-bond acceptors (Lipinski definition) is 4. The molecule has 2 aromatic rings. The van der Waals surface area contributed by atoms with Gasteiger partial charge in [-0.3, -0.25) is 4.98 Å². The predicted molar refractivity (Wildman–Crippen MR) is 78.2 cm³/mol. The third-order valence-electron chi connectivity index (χ3n) is 2.90. The van der Waals surface area contributed by atoms with Crippen LogP contribution in [0.3, 0.4) is 0 Å². The number of aromatic nitrogens is 1. The molecule has 0 saturated heterocycles. The Hall–Kier alpha value is -1.65. The van der Waals surface area contributed by atoms with Crippen LogP contribution in [-0.2, 0) is 11.3 Å². The molecule has 0 bridgehead atoms. The summed E-state index contributed by atoms with van der Waals surface area (Å²) in [6.45, 7) is 6.39. The number of nitrogens with one attached hydrogen (secondary N) is 1. The van der Waals surface area contributed by atoms with Crippen molar-refractivity contribution < 1.29 is 9.15 Å². The van der Waals surface area contributed by atoms with E-state index in [0.29, 0.717) is 12.5 Å². The molecular weight excluding hydrogens is 252 g/mol. The largest absolute Gasteiger partial charge is 0.468 e. The van der Waals surface area contributed by atoms with Gasteiger partial charge in [0.2, 0.25) is 0 Å². The summed E-state index contributed by atoms with van der Waals surface area (Å²) in [5, 5.41) is 3.45. The first-order valence-corrected chi connectivity index (χ1v) is 6.99. The Bertz CT molecular complexity index is 468. The van der Waals surface area contributed by atoms with Gasteiger partial charge < -0.3 is 14.5 Å². The Morgan fingerprint density at radius 3 is 2.80 bits per heavy atom. The van der Waals surface area contributed by atoms with Gasteiger partial charge in [0.1, 0.15) is 5.76 Å². The maximum atomic E-state index is 5.73. The standard InChI is InChI=1S/C16H22N2O2/c1-13(2)11-19-12-15(16-6-4-8-20-16)18-10-14-5-3-7-17-9-14/h3-9,13,15,18H,10-12H2,1-2H3. The van der Waals surface area contributed by atoms with Crippen LogP contribution in [0.15, 0.2) is 47.3 Å². The van der Waals surface area contributed by atoms with E-state index in [9.17, 15) is 0 Å². The molecular formula is C16H22N2O2. The summed E-state index contributed by atoms with van der Waals surface area (Å²) in [6, 6.07) is 7.92. The molecule has 0 radical (unpaired) electrons. The predicted octanol–water partition coefficient (Wildman–Crippen LogP) is 3.18. The summed E-state index contributed by atoms with van der Waals surface area (Å²) in [5.74, 6) is 1.43. The Balaban J connectivity index is 1.89. The third kappa shape index (κ3) is 4.79. The van der Waals surface area contributed by atoms with Gasteiger partial charge in [0.05, 0.1) is 18.9 Å². The number of hydrogen-bond donors (Lipinski definition) is 1. The van der Waals surface area contributed by atoms with E-state index in [2.05, 4.69) is 24.1 Å². The van der Waals surface area contributed by atoms with Crippen LogP contribution in [0.5, 0.6) is 0 Å². The quantitative estimate of drug-likeness (QED) is 0.803. The second-order valence-corrected chi connectivity index (χ2v) is 5.24. The summed E-state index contributed by atoms with van der Waals surface area (Å²) in [4.78, 5) is 4.12. The highest BCUT2D eigenvalue weighted by molar-refractivity contribution is 5.10. The molecule has 0 saturated carbocycles. The molecule has 1 unspecified atom stereocenters. The second kappa shape index (κ2) is 7.82. The number of nitrogens with zero attached hydrogens (tertiary/aromatic N) is 1. The lowest BCUT2D eigenvalue weighted by molar-refractivity contribution is 0.0844. The zero-order valence-corrected chi connectivity index (χ0v) is 12.1. The second-order valence-electron chi connectivity index (χ2n) is 5.24. The zero-order valence-electron chi connectivity index (χ0n) is 12.1. The van der Waals surface area contributed by atoms with Crippen molar-refractivity contribution in [2.75, 3.05) is 13.2 Å². The summed E-state index contributed by atoms with van der Waals surface area (Å²) < 4.78 is 11.2. The Morgan fingerprint density at radius 1 is 1.25 bits per heavy atom. The molecule has 0 aliphatic heterocycles. The van der Waals surface area contributed by atoms with Gasteiger partial charge in [-0.1, -0.05) is 19.9 Å². The van der Waals surface area contributed by atoms with Gasteiger partial charge >= 0.3 is 0 Å². The third-order valence-corrected chi connectivity index (χ3v) is 2.90. The van der Waals surface area contributed by atoms with Gasteiger partial charge in [0.15, 0.2) is 0 Å². The van der Waals surface area contributed by atoms with Crippen molar-refractivity contribution in [3.63, 3.8) is 0 Å². The first kappa shape index (κ1) is 14.8. The fourth-order valence-electron chi connectivity index (χ4n) is 1.90. The maximum Gasteiger partial charge on any atom is 0.123 e. The van der Waals surface area contributed by atoms with E-state index in [-0.39, 0.29) is 6.04 Å². The lowest BCUT2D eigenvalue weighted by Gasteiger charge is -2.17. The molecule has 0 spiro atoms. The maximum absolute atomic E-state index is 5.73. The molecule has 2 rings (SSSR count). The molecule has 2 heterocycles. The van der Waals surface area contributed by atoms with E-state index >= 15 is 0 Å². The highest BCUT2D eigenvalue weighted by Crippen LogP contribution is 2.15. The minimum Gasteiger partial charge on any atom is -0.468 e. The molecule has 108 valence electrons. The molecule has 20 heavy (non-hydrogen) atoms. The van der Waals surface area contributed by atoms with Crippen molar-refractivity contribution in [3.8, 4) is 0 Å². The molecule has 1 atom stereocenters. The number of pyridine rings is 1. The Kier molecular flexibility index (Phi) is 5.77. The lowest BCUT2D eigenvalue weighted by Crippen LogP contribution is -2.25. The molecule has 1 N–H and O–H groups in total. The molecule has 0 aliphatic rings. The fourth-order valence-corrected chi connectivity index (χ4v) is 1.90. The smallest absolute Gasteiger partial charge is 0.123 e. The van der Waals surface area contributed by atoms with Crippen LogP contribution < -0.4 is 5.32 Å². The van der Waals surface area contributed by atoms with Gasteiger partial charge in [0.25, 0.3) is 0 Å². The van der Waals surface area contributed by atoms with Gasteiger partial charge in [-0.25, -0.2) is 0 Å². The van der Waals surface area contributed by atoms with E-state index in [0.717, 1.165) is 24.5 Å². The van der Waals surface area contributed by atoms with E-state index in [1.807, 2.05) is 30.5 Å². The molecule has 0 fully saturated rings. The molecule has 0 aromatic carbocycles. The van der Waals surface area contributed by atoms with E-state index in [4.69, 9.17) is 9.15 Å². The van der Waals surface area contributed by atoms with Crippen molar-refractivity contribution in [1.82, 2.24) is 10.3 Å². The molecule has 4 heteroatoms. The van der Waals surface area contributed by atoms with Crippen LogP contribution in [0.4, 0.5) is 0 Å². The number of furan rings is 1. The number of ether oxygens (including phenoxy) is 1. The molecule has 0 aliphatic carbocycles. The van der Waals surface area contributed by atoms with Gasteiger partial charge in [-0.15, -0.1) is 0 Å². The van der Waals surface area contributed by atoms with Crippen LogP contribution in [-0.4, -0.2) is 18.2 Å². The molecule has 4 nitrogen and oxygen atoms in total. The topological polar surface area (TPSA) is 47.3 Å². The van der Waals surface area contributed by atoms with Crippen LogP contribution in [0.1, 0.15) is 31.2 Å². The zero-order chi connectivity index (χ0) is 14.2. The minimum atomic E-state index is 0.0592. The van der Waals surface area contributed by atoms with Crippen molar-refractivity contribution in [2.45, 2.75) is 26.4 Å². The molecule has 0 amide bonds. The fraction of sp³-hybridized carbons (Fsp3) is 0.438. The van der Waals surface area contributed by atoms with E-state index in [1.54, 1.807) is 12.5 Å². The van der Waals surface area contributed by atoms with Gasteiger partial charge in [0, 0.05) is 25.5 Å². The highest BCUT2D eigenvalue weighted by Gasteiger charge is 2.14. The van der Waals surface area contributed by atoms with E-state index in [1.165, 1.54) is 0 Å². The van der Waals surface area contributed by atoms with Gasteiger partial charge in [-0.2, -0.15) is 0 Å². The summed E-state index contributed by atoms with van der Waals surface area (Å²) in [5.41, 5.74) is 1.15. The molecule has 2 aromatic heterocycles. The van der Waals surface area contributed by atoms with Crippen LogP contribution in [0, 0.1) is 5.92 Å². The summed E-state index contributed by atoms with van der Waals surface area (Å²) >= 11 is 0. The SMILES string of the molecule is CC(C)COCC(NCc1cccnc1)c1ccco1. The monoisotopic (exact) mass is 274 g/mol.